The Kier molecular flexibility index (Phi) is 3.27. The molecule has 1 aromatic rings. The van der Waals surface area contributed by atoms with Gasteiger partial charge in [0.25, 0.3) is 0 Å². The van der Waals surface area contributed by atoms with Gasteiger partial charge in [0, 0.05) is 23.2 Å². The van der Waals surface area contributed by atoms with E-state index >= 15 is 0 Å². The fourth-order valence-electron chi connectivity index (χ4n) is 3.76. The van der Waals surface area contributed by atoms with Gasteiger partial charge in [-0.1, -0.05) is 24.3 Å². The van der Waals surface area contributed by atoms with E-state index in [1.807, 2.05) is 4.90 Å². The van der Waals surface area contributed by atoms with Gasteiger partial charge in [0.1, 0.15) is 17.3 Å². The molecule has 0 radical (unpaired) electrons. The van der Waals surface area contributed by atoms with Crippen LogP contribution >= 0.6 is 11.6 Å². The van der Waals surface area contributed by atoms with Crippen LogP contribution in [-0.2, 0) is 4.79 Å². The molecule has 0 unspecified atom stereocenters. The minimum Gasteiger partial charge on any atom is -0.356 e. The molecule has 2 fully saturated rings. The molecule has 1 N–H and O–H groups in total. The number of allylic oxidation sites excluding steroid dienone is 2. The van der Waals surface area contributed by atoms with Crippen LogP contribution < -0.4 is 5.32 Å². The van der Waals surface area contributed by atoms with Crippen molar-refractivity contribution in [2.24, 2.45) is 0 Å². The van der Waals surface area contributed by atoms with Gasteiger partial charge in [-0.2, -0.15) is 0 Å². The van der Waals surface area contributed by atoms with Gasteiger partial charge in [0.15, 0.2) is 0 Å². The lowest BCUT2D eigenvalue weighted by Crippen LogP contribution is -2.37. The van der Waals surface area contributed by atoms with Crippen molar-refractivity contribution in [1.82, 2.24) is 10.2 Å². The molecule has 6 heteroatoms. The summed E-state index contributed by atoms with van der Waals surface area (Å²) in [5, 5.41) is 2.55. The van der Waals surface area contributed by atoms with Crippen LogP contribution in [0.1, 0.15) is 40.0 Å². The van der Waals surface area contributed by atoms with Crippen molar-refractivity contribution in [2.45, 2.75) is 31.3 Å². The first-order chi connectivity index (χ1) is 11.1. The zero-order valence-corrected chi connectivity index (χ0v) is 13.1. The maximum absolute atomic E-state index is 12.9. The van der Waals surface area contributed by atoms with Gasteiger partial charge in [-0.3, -0.25) is 14.4 Å². The second-order valence-corrected chi connectivity index (χ2v) is 6.35. The highest BCUT2D eigenvalue weighted by atomic mass is 35.5. The number of fused-ring (bicyclic) bond motifs is 2. The van der Waals surface area contributed by atoms with Crippen molar-refractivity contribution < 1.29 is 14.4 Å². The molecule has 0 spiro atoms. The largest absolute Gasteiger partial charge is 0.356 e. The summed E-state index contributed by atoms with van der Waals surface area (Å²) >= 11 is 5.55. The molecular weight excluding hydrogens is 316 g/mol. The Morgan fingerprint density at radius 1 is 1.13 bits per heavy atom. The number of halogens is 1. The summed E-state index contributed by atoms with van der Waals surface area (Å²) in [6.45, 7) is 0. The van der Waals surface area contributed by atoms with Crippen molar-refractivity contribution >= 4 is 29.1 Å². The molecule has 1 aromatic carbocycles. The van der Waals surface area contributed by atoms with Gasteiger partial charge in [0.05, 0.1) is 0 Å². The minimum atomic E-state index is -0.480. The third-order valence-electron chi connectivity index (χ3n) is 4.81. The van der Waals surface area contributed by atoms with Crippen molar-refractivity contribution in [3.63, 3.8) is 0 Å². The summed E-state index contributed by atoms with van der Waals surface area (Å²) in [5.41, 5.74) is 1.15. The van der Waals surface area contributed by atoms with Gasteiger partial charge in [-0.05, 0) is 19.3 Å². The first kappa shape index (κ1) is 14.5. The molecule has 4 rings (SSSR count). The molecule has 23 heavy (non-hydrogen) atoms. The van der Waals surface area contributed by atoms with E-state index in [4.69, 9.17) is 11.6 Å². The van der Waals surface area contributed by atoms with Crippen LogP contribution in [0.3, 0.4) is 0 Å². The van der Waals surface area contributed by atoms with Crippen molar-refractivity contribution in [3.05, 3.63) is 46.8 Å². The monoisotopic (exact) mass is 330 g/mol. The molecule has 1 saturated carbocycles. The standard InChI is InChI=1S/C17H15ClN2O3/c18-8-13(21)19-14-15(20-11-6-3-7-12(11)20)17(23)10-5-2-1-4-9(10)16(14)22/h1-2,4-5,11-12H,3,6-8H2,(H,19,21)/t11-,12+,20?. The number of alkyl halides is 1. The molecule has 1 amide bonds. The van der Waals surface area contributed by atoms with Gasteiger partial charge < -0.3 is 10.2 Å². The van der Waals surface area contributed by atoms with Gasteiger partial charge in [-0.25, -0.2) is 0 Å². The molecule has 0 bridgehead atoms. The molecule has 118 valence electrons. The van der Waals surface area contributed by atoms with Crippen LogP contribution in [0, 0.1) is 0 Å². The number of nitrogens with one attached hydrogen (secondary N) is 1. The Balaban J connectivity index is 1.81. The smallest absolute Gasteiger partial charge is 0.239 e. The van der Waals surface area contributed by atoms with Crippen LogP contribution in [-0.4, -0.2) is 40.3 Å². The second-order valence-electron chi connectivity index (χ2n) is 6.08. The summed E-state index contributed by atoms with van der Waals surface area (Å²) in [5.74, 6) is -1.25. The first-order valence-electron chi connectivity index (χ1n) is 7.70. The van der Waals surface area contributed by atoms with E-state index in [1.54, 1.807) is 24.3 Å². The number of benzene rings is 1. The number of hydrogen-bond donors (Lipinski definition) is 1. The SMILES string of the molecule is O=C(CCl)NC1=C(N2[C@@H]3CCC[C@@H]32)C(=O)c2ccccc2C1=O. The lowest BCUT2D eigenvalue weighted by molar-refractivity contribution is -0.118. The third kappa shape index (κ3) is 2.10. The van der Waals surface area contributed by atoms with E-state index in [-0.39, 0.29) is 23.1 Å². The predicted molar refractivity (Wildman–Crippen MR) is 84.3 cm³/mol. The number of piperidine rings is 1. The zero-order valence-electron chi connectivity index (χ0n) is 12.3. The average Bonchev–Trinajstić information content (AvgIpc) is 3.02. The Morgan fingerprint density at radius 3 is 2.35 bits per heavy atom. The van der Waals surface area contributed by atoms with Crippen LogP contribution in [0.5, 0.6) is 0 Å². The van der Waals surface area contributed by atoms with Crippen molar-refractivity contribution in [3.8, 4) is 0 Å². The van der Waals surface area contributed by atoms with E-state index in [0.29, 0.717) is 28.9 Å². The Labute approximate surface area is 138 Å². The van der Waals surface area contributed by atoms with E-state index in [2.05, 4.69) is 5.32 Å². The molecule has 2 aliphatic carbocycles. The number of carbonyl (C=O) groups is 3. The van der Waals surface area contributed by atoms with Crippen LogP contribution in [0.2, 0.25) is 0 Å². The summed E-state index contributed by atoms with van der Waals surface area (Å²) in [6, 6.07) is 7.36. The highest BCUT2D eigenvalue weighted by molar-refractivity contribution is 6.30. The minimum absolute atomic E-state index is 0.0775. The number of likely N-dealkylation sites (tertiary alicyclic amines) is 1. The molecule has 1 aliphatic heterocycles. The zero-order chi connectivity index (χ0) is 16.1. The lowest BCUT2D eigenvalue weighted by atomic mass is 9.90. The van der Waals surface area contributed by atoms with E-state index < -0.39 is 5.91 Å². The molecule has 3 aliphatic rings. The summed E-state index contributed by atoms with van der Waals surface area (Å²) in [7, 11) is 0. The molecule has 2 atom stereocenters. The fraction of sp³-hybridized carbons (Fsp3) is 0.353. The van der Waals surface area contributed by atoms with E-state index in [0.717, 1.165) is 19.3 Å². The van der Waals surface area contributed by atoms with Crippen LogP contribution in [0.4, 0.5) is 0 Å². The topological polar surface area (TPSA) is 66.2 Å². The Morgan fingerprint density at radius 2 is 1.74 bits per heavy atom. The van der Waals surface area contributed by atoms with E-state index in [1.165, 1.54) is 0 Å². The molecule has 0 aromatic heterocycles. The maximum atomic E-state index is 12.9. The summed E-state index contributed by atoms with van der Waals surface area (Å²) < 4.78 is 0. The number of nitrogens with zero attached hydrogens (tertiary/aromatic N) is 1. The summed E-state index contributed by atoms with van der Waals surface area (Å²) in [6.07, 6.45) is 3.18. The van der Waals surface area contributed by atoms with Crippen molar-refractivity contribution in [2.75, 3.05) is 5.88 Å². The van der Waals surface area contributed by atoms with E-state index in [9.17, 15) is 14.4 Å². The number of hydrogen-bond acceptors (Lipinski definition) is 4. The Hall–Kier alpha value is -2.14. The number of ketones is 2. The van der Waals surface area contributed by atoms with Gasteiger partial charge in [-0.15, -0.1) is 11.6 Å². The van der Waals surface area contributed by atoms with Crippen molar-refractivity contribution in [1.29, 1.82) is 0 Å². The number of amides is 1. The molecule has 1 saturated heterocycles. The second kappa shape index (κ2) is 5.20. The summed E-state index contributed by atoms with van der Waals surface area (Å²) in [4.78, 5) is 39.4. The van der Waals surface area contributed by atoms with Gasteiger partial charge >= 0.3 is 0 Å². The van der Waals surface area contributed by atoms with Crippen LogP contribution in [0.25, 0.3) is 0 Å². The highest BCUT2D eigenvalue weighted by Crippen LogP contribution is 2.47. The number of carbonyl (C=O) groups excluding carboxylic acids is 3. The Bertz CT molecular complexity index is 761. The van der Waals surface area contributed by atoms with Gasteiger partial charge in [0.2, 0.25) is 17.5 Å². The molecule has 1 heterocycles. The predicted octanol–water partition coefficient (Wildman–Crippen LogP) is 1.87. The third-order valence-corrected chi connectivity index (χ3v) is 5.05. The maximum Gasteiger partial charge on any atom is 0.239 e. The quantitative estimate of drug-likeness (QED) is 0.678. The molecule has 5 nitrogen and oxygen atoms in total. The lowest BCUT2D eigenvalue weighted by Gasteiger charge is -2.23. The normalized spacial score (nSPS) is 25.3. The fourth-order valence-corrected chi connectivity index (χ4v) is 3.83. The number of Topliss-reactive ketones (excluding diaryl/α,β-unsaturated/α-hetero) is 2. The molecular formula is C17H15ClN2O3. The first-order valence-corrected chi connectivity index (χ1v) is 8.23. The number of rotatable bonds is 3. The highest BCUT2D eigenvalue weighted by Gasteiger charge is 2.55. The average molecular weight is 331 g/mol. The van der Waals surface area contributed by atoms with Crippen LogP contribution in [0.15, 0.2) is 35.7 Å².